The van der Waals surface area contributed by atoms with Gasteiger partial charge < -0.3 is 14.8 Å². The first kappa shape index (κ1) is 19.8. The molecule has 1 fully saturated rings. The highest BCUT2D eigenvalue weighted by Gasteiger charge is 2.17. The number of nitrogens with one attached hydrogen (secondary N) is 2. The molecule has 148 valence electrons. The number of carbonyl (C=O) groups is 1. The maximum atomic E-state index is 13.4. The fourth-order valence-corrected chi connectivity index (χ4v) is 2.88. The maximum absolute atomic E-state index is 13.4. The molecular formula is C21H24FN3O3. The van der Waals surface area contributed by atoms with E-state index >= 15 is 0 Å². The summed E-state index contributed by atoms with van der Waals surface area (Å²) in [7, 11) is 0. The van der Waals surface area contributed by atoms with Gasteiger partial charge in [-0.05, 0) is 50.1 Å². The molecule has 1 aliphatic rings. The summed E-state index contributed by atoms with van der Waals surface area (Å²) in [4.78, 5) is 17.0. The van der Waals surface area contributed by atoms with Crippen molar-refractivity contribution in [1.29, 1.82) is 0 Å². The van der Waals surface area contributed by atoms with Crippen LogP contribution in [-0.2, 0) is 4.74 Å². The third-order valence-electron chi connectivity index (χ3n) is 4.24. The number of aliphatic imine (C=N–C) groups is 1. The lowest BCUT2D eigenvalue weighted by molar-refractivity contribution is 0.0975. The zero-order chi connectivity index (χ0) is 19.8. The van der Waals surface area contributed by atoms with E-state index in [4.69, 9.17) is 9.47 Å². The van der Waals surface area contributed by atoms with Gasteiger partial charge in [0.2, 0.25) is 5.96 Å². The molecule has 3 rings (SSSR count). The lowest BCUT2D eigenvalue weighted by atomic mass is 10.2. The van der Waals surface area contributed by atoms with Gasteiger partial charge in [-0.25, -0.2) is 9.38 Å². The van der Waals surface area contributed by atoms with Crippen LogP contribution in [0, 0.1) is 5.82 Å². The van der Waals surface area contributed by atoms with Gasteiger partial charge in [0.05, 0.1) is 24.9 Å². The van der Waals surface area contributed by atoms with E-state index in [9.17, 15) is 9.18 Å². The normalized spacial score (nSPS) is 16.6. The van der Waals surface area contributed by atoms with E-state index in [1.807, 2.05) is 31.2 Å². The Labute approximate surface area is 163 Å². The minimum Gasteiger partial charge on any atom is -0.492 e. The van der Waals surface area contributed by atoms with Crippen LogP contribution in [0.3, 0.4) is 0 Å². The molecule has 0 radical (unpaired) electrons. The summed E-state index contributed by atoms with van der Waals surface area (Å²) < 4.78 is 24.7. The molecule has 6 nitrogen and oxygen atoms in total. The molecule has 28 heavy (non-hydrogen) atoms. The van der Waals surface area contributed by atoms with Crippen LogP contribution in [0.4, 0.5) is 10.1 Å². The fourth-order valence-electron chi connectivity index (χ4n) is 2.88. The number of guanidine groups is 1. The number of benzene rings is 2. The minimum atomic E-state index is -0.472. The van der Waals surface area contributed by atoms with Crippen LogP contribution in [0.2, 0.25) is 0 Å². The second-order valence-corrected chi connectivity index (χ2v) is 6.34. The summed E-state index contributed by atoms with van der Waals surface area (Å²) in [5.74, 6) is -0.0149. The fraction of sp³-hybridized carbons (Fsp3) is 0.333. The summed E-state index contributed by atoms with van der Waals surface area (Å²) in [6.45, 7) is 3.56. The Bertz CT molecular complexity index is 835. The molecule has 1 atom stereocenters. The number of para-hydroxylation sites is 2. The van der Waals surface area contributed by atoms with Crippen molar-refractivity contribution in [2.75, 3.05) is 25.1 Å². The van der Waals surface area contributed by atoms with Crippen molar-refractivity contribution in [1.82, 2.24) is 5.32 Å². The molecule has 2 aromatic rings. The number of anilines is 1. The van der Waals surface area contributed by atoms with Crippen LogP contribution >= 0.6 is 0 Å². The van der Waals surface area contributed by atoms with Gasteiger partial charge >= 0.3 is 0 Å². The molecule has 0 aromatic heterocycles. The van der Waals surface area contributed by atoms with E-state index in [2.05, 4.69) is 15.6 Å². The summed E-state index contributed by atoms with van der Waals surface area (Å²) in [6, 6.07) is 12.9. The lowest BCUT2D eigenvalue weighted by Crippen LogP contribution is -2.37. The highest BCUT2D eigenvalue weighted by Crippen LogP contribution is 2.23. The number of hydrogen-bond acceptors (Lipinski definition) is 4. The first-order valence-electron chi connectivity index (χ1n) is 9.37. The smallest absolute Gasteiger partial charge is 0.258 e. The van der Waals surface area contributed by atoms with Gasteiger partial charge in [-0.2, -0.15) is 0 Å². The Hall–Kier alpha value is -2.93. The molecule has 2 aromatic carbocycles. The van der Waals surface area contributed by atoms with Crippen LogP contribution in [0.5, 0.6) is 5.75 Å². The van der Waals surface area contributed by atoms with Gasteiger partial charge in [0.1, 0.15) is 11.6 Å². The average molecular weight is 385 g/mol. The summed E-state index contributed by atoms with van der Waals surface area (Å²) in [5, 5.41) is 5.84. The Morgan fingerprint density at radius 2 is 2.14 bits per heavy atom. The van der Waals surface area contributed by atoms with E-state index in [-0.39, 0.29) is 17.6 Å². The molecule has 1 unspecified atom stereocenters. The molecule has 1 aliphatic heterocycles. The molecular weight excluding hydrogens is 361 g/mol. The van der Waals surface area contributed by atoms with Crippen molar-refractivity contribution in [3.05, 3.63) is 59.9 Å². The van der Waals surface area contributed by atoms with Crippen LogP contribution in [0.15, 0.2) is 53.5 Å². The monoisotopic (exact) mass is 385 g/mol. The van der Waals surface area contributed by atoms with Crippen molar-refractivity contribution in [2.24, 2.45) is 4.99 Å². The first-order valence-corrected chi connectivity index (χ1v) is 9.37. The Balaban J connectivity index is 1.78. The molecule has 0 saturated carbocycles. The zero-order valence-corrected chi connectivity index (χ0v) is 15.8. The molecule has 0 aliphatic carbocycles. The van der Waals surface area contributed by atoms with Crippen molar-refractivity contribution in [2.45, 2.75) is 25.9 Å². The highest BCUT2D eigenvalue weighted by atomic mass is 19.1. The van der Waals surface area contributed by atoms with E-state index in [0.717, 1.165) is 19.4 Å². The van der Waals surface area contributed by atoms with Crippen LogP contribution in [0.25, 0.3) is 0 Å². The summed E-state index contributed by atoms with van der Waals surface area (Å²) in [6.07, 6.45) is 1.97. The third kappa shape index (κ3) is 5.53. The lowest BCUT2D eigenvalue weighted by Gasteiger charge is -2.16. The topological polar surface area (TPSA) is 71.9 Å². The minimum absolute atomic E-state index is 0.0324. The van der Waals surface area contributed by atoms with E-state index in [0.29, 0.717) is 24.6 Å². The first-order chi connectivity index (χ1) is 13.7. The SMILES string of the molecule is CCOc1ccccc1NC(=NCC1CCCO1)NC(=O)c1cccc(F)c1. The van der Waals surface area contributed by atoms with Gasteiger partial charge in [0, 0.05) is 12.2 Å². The zero-order valence-electron chi connectivity index (χ0n) is 15.8. The predicted molar refractivity (Wildman–Crippen MR) is 106 cm³/mol. The number of amides is 1. The van der Waals surface area contributed by atoms with E-state index < -0.39 is 11.7 Å². The number of rotatable bonds is 6. The summed E-state index contributed by atoms with van der Waals surface area (Å²) in [5.41, 5.74) is 0.889. The number of nitrogens with zero attached hydrogens (tertiary/aromatic N) is 1. The standard InChI is InChI=1S/C21H24FN3O3/c1-2-27-19-11-4-3-10-18(19)24-21(23-14-17-9-6-12-28-17)25-20(26)15-7-5-8-16(22)13-15/h3-5,7-8,10-11,13,17H,2,6,9,12,14H2,1H3,(H2,23,24,25,26). The second-order valence-electron chi connectivity index (χ2n) is 6.34. The van der Waals surface area contributed by atoms with Crippen LogP contribution < -0.4 is 15.4 Å². The second kappa shape index (κ2) is 9.85. The molecule has 1 amide bonds. The van der Waals surface area contributed by atoms with Crippen LogP contribution in [-0.4, -0.2) is 37.7 Å². The van der Waals surface area contributed by atoms with Gasteiger partial charge in [-0.3, -0.25) is 10.1 Å². The molecule has 1 heterocycles. The van der Waals surface area contributed by atoms with Gasteiger partial charge in [0.15, 0.2) is 0 Å². The quantitative estimate of drug-likeness (QED) is 0.589. The van der Waals surface area contributed by atoms with Crippen molar-refractivity contribution in [3.8, 4) is 5.75 Å². The molecule has 0 spiro atoms. The predicted octanol–water partition coefficient (Wildman–Crippen LogP) is 3.60. The molecule has 2 N–H and O–H groups in total. The van der Waals surface area contributed by atoms with Gasteiger partial charge in [0.25, 0.3) is 5.91 Å². The Morgan fingerprint density at radius 1 is 1.29 bits per heavy atom. The average Bonchev–Trinajstić information content (AvgIpc) is 3.21. The number of halogens is 1. The molecule has 1 saturated heterocycles. The molecule has 7 heteroatoms. The van der Waals surface area contributed by atoms with Crippen molar-refractivity contribution in [3.63, 3.8) is 0 Å². The number of ether oxygens (including phenoxy) is 2. The maximum Gasteiger partial charge on any atom is 0.258 e. The highest BCUT2D eigenvalue weighted by molar-refractivity contribution is 6.10. The summed E-state index contributed by atoms with van der Waals surface area (Å²) >= 11 is 0. The van der Waals surface area contributed by atoms with Crippen LogP contribution in [0.1, 0.15) is 30.1 Å². The van der Waals surface area contributed by atoms with Crippen molar-refractivity contribution >= 4 is 17.6 Å². The van der Waals surface area contributed by atoms with Crippen molar-refractivity contribution < 1.29 is 18.7 Å². The Kier molecular flexibility index (Phi) is 6.97. The van der Waals surface area contributed by atoms with E-state index in [1.165, 1.54) is 18.2 Å². The molecule has 0 bridgehead atoms. The number of carbonyl (C=O) groups excluding carboxylic acids is 1. The number of hydrogen-bond donors (Lipinski definition) is 2. The van der Waals surface area contributed by atoms with E-state index in [1.54, 1.807) is 6.07 Å². The third-order valence-corrected chi connectivity index (χ3v) is 4.24. The largest absolute Gasteiger partial charge is 0.492 e. The van der Waals surface area contributed by atoms with Gasteiger partial charge in [-0.15, -0.1) is 0 Å². The van der Waals surface area contributed by atoms with Gasteiger partial charge in [-0.1, -0.05) is 18.2 Å². The Morgan fingerprint density at radius 3 is 2.89 bits per heavy atom.